The second-order valence-corrected chi connectivity index (χ2v) is 3.15. The molecule has 5 heteroatoms. The van der Waals surface area contributed by atoms with Gasteiger partial charge in [-0.2, -0.15) is 0 Å². The molecule has 0 heterocycles. The predicted molar refractivity (Wildman–Crippen MR) is 61.2 cm³/mol. The van der Waals surface area contributed by atoms with Crippen LogP contribution in [-0.4, -0.2) is 17.4 Å². The molecule has 0 fully saturated rings. The van der Waals surface area contributed by atoms with E-state index in [1.54, 1.807) is 24.3 Å². The van der Waals surface area contributed by atoms with Gasteiger partial charge >= 0.3 is 0 Å². The highest BCUT2D eigenvalue weighted by molar-refractivity contribution is 5.97. The lowest BCUT2D eigenvalue weighted by molar-refractivity contribution is 0.101. The molecular formula is C11H11N3O2. The van der Waals surface area contributed by atoms with E-state index >= 15 is 0 Å². The molecular weight excluding hydrogens is 206 g/mol. The smallest absolute Gasteiger partial charge is 0.163 e. The van der Waals surface area contributed by atoms with E-state index in [1.165, 1.54) is 13.0 Å². The average molecular weight is 217 g/mol. The van der Waals surface area contributed by atoms with Gasteiger partial charge in [0.05, 0.1) is 5.56 Å². The van der Waals surface area contributed by atoms with Crippen LogP contribution < -0.4 is 0 Å². The van der Waals surface area contributed by atoms with Crippen molar-refractivity contribution in [3.8, 4) is 5.75 Å². The fourth-order valence-electron chi connectivity index (χ4n) is 1.21. The molecule has 0 spiro atoms. The number of carbonyl (C=O) groups excluding carboxylic acids is 1. The van der Waals surface area contributed by atoms with Crippen LogP contribution in [0.25, 0.3) is 16.5 Å². The van der Waals surface area contributed by atoms with Crippen molar-refractivity contribution in [2.45, 2.75) is 6.92 Å². The lowest BCUT2D eigenvalue weighted by Crippen LogP contribution is -1.92. The summed E-state index contributed by atoms with van der Waals surface area (Å²) in [5.41, 5.74) is 9.12. The van der Waals surface area contributed by atoms with E-state index in [4.69, 9.17) is 5.53 Å². The number of carbonyl (C=O) groups is 1. The Morgan fingerprint density at radius 3 is 3.00 bits per heavy atom. The molecule has 0 aliphatic heterocycles. The van der Waals surface area contributed by atoms with E-state index in [0.717, 1.165) is 5.56 Å². The first-order valence-corrected chi connectivity index (χ1v) is 4.66. The molecule has 1 aromatic carbocycles. The summed E-state index contributed by atoms with van der Waals surface area (Å²) in [5.74, 6) is -0.220. The minimum Gasteiger partial charge on any atom is -0.507 e. The normalized spacial score (nSPS) is 10.1. The van der Waals surface area contributed by atoms with Gasteiger partial charge in [-0.3, -0.25) is 4.79 Å². The van der Waals surface area contributed by atoms with Crippen molar-refractivity contribution < 1.29 is 9.90 Å². The molecule has 0 aliphatic carbocycles. The maximum atomic E-state index is 11.1. The molecule has 0 aliphatic rings. The van der Waals surface area contributed by atoms with Gasteiger partial charge in [0.2, 0.25) is 0 Å². The second-order valence-electron chi connectivity index (χ2n) is 3.15. The fourth-order valence-corrected chi connectivity index (χ4v) is 1.21. The number of nitrogens with zero attached hydrogens (tertiary/aromatic N) is 3. The largest absolute Gasteiger partial charge is 0.507 e. The molecule has 0 saturated heterocycles. The third-order valence-electron chi connectivity index (χ3n) is 1.96. The van der Waals surface area contributed by atoms with Crippen LogP contribution in [0.5, 0.6) is 5.75 Å². The molecule has 1 rings (SSSR count). The summed E-state index contributed by atoms with van der Waals surface area (Å²) in [6.45, 7) is 1.65. The van der Waals surface area contributed by atoms with E-state index in [9.17, 15) is 9.90 Å². The SMILES string of the molecule is CC(=O)c1cc(C=CCN=[N+]=[N-])ccc1O. The van der Waals surface area contributed by atoms with E-state index in [-0.39, 0.29) is 23.6 Å². The van der Waals surface area contributed by atoms with E-state index in [2.05, 4.69) is 10.0 Å². The molecule has 0 amide bonds. The highest BCUT2D eigenvalue weighted by atomic mass is 16.3. The van der Waals surface area contributed by atoms with Crippen molar-refractivity contribution in [1.29, 1.82) is 0 Å². The summed E-state index contributed by atoms with van der Waals surface area (Å²) in [4.78, 5) is 13.8. The number of azide groups is 1. The average Bonchev–Trinajstić information content (AvgIpc) is 2.26. The molecule has 0 saturated carbocycles. The number of hydrogen-bond acceptors (Lipinski definition) is 3. The van der Waals surface area contributed by atoms with Gasteiger partial charge in [0.1, 0.15) is 5.75 Å². The Balaban J connectivity index is 2.90. The summed E-state index contributed by atoms with van der Waals surface area (Å²) in [7, 11) is 0. The van der Waals surface area contributed by atoms with Gasteiger partial charge in [-0.05, 0) is 30.2 Å². The third kappa shape index (κ3) is 3.15. The van der Waals surface area contributed by atoms with Crippen LogP contribution in [0.4, 0.5) is 0 Å². The van der Waals surface area contributed by atoms with Gasteiger partial charge < -0.3 is 5.11 Å². The maximum absolute atomic E-state index is 11.1. The standard InChI is InChI=1S/C11H11N3O2/c1-8(15)10-7-9(4-5-11(10)16)3-2-6-13-14-12/h2-5,7,16H,6H2,1H3. The van der Waals surface area contributed by atoms with Crippen LogP contribution in [0.2, 0.25) is 0 Å². The molecule has 0 bridgehead atoms. The first-order chi connectivity index (χ1) is 7.65. The quantitative estimate of drug-likeness (QED) is 0.364. The monoisotopic (exact) mass is 217 g/mol. The van der Waals surface area contributed by atoms with Gasteiger partial charge in [0.15, 0.2) is 5.78 Å². The van der Waals surface area contributed by atoms with Crippen LogP contribution in [0.3, 0.4) is 0 Å². The van der Waals surface area contributed by atoms with Crippen LogP contribution in [0.1, 0.15) is 22.8 Å². The van der Waals surface area contributed by atoms with Crippen LogP contribution >= 0.6 is 0 Å². The van der Waals surface area contributed by atoms with Crippen molar-refractivity contribution in [2.24, 2.45) is 5.11 Å². The van der Waals surface area contributed by atoms with Crippen LogP contribution in [-0.2, 0) is 0 Å². The summed E-state index contributed by atoms with van der Waals surface area (Å²) in [5, 5.41) is 12.7. The number of rotatable bonds is 4. The number of phenols is 1. The minimum absolute atomic E-state index is 0.0281. The second kappa shape index (κ2) is 5.58. The van der Waals surface area contributed by atoms with E-state index in [0.29, 0.717) is 0 Å². The van der Waals surface area contributed by atoms with Crippen molar-refractivity contribution in [3.05, 3.63) is 45.8 Å². The van der Waals surface area contributed by atoms with Crippen molar-refractivity contribution >= 4 is 11.9 Å². The van der Waals surface area contributed by atoms with Crippen molar-refractivity contribution in [3.63, 3.8) is 0 Å². The number of ketones is 1. The van der Waals surface area contributed by atoms with E-state index in [1.807, 2.05) is 0 Å². The molecule has 0 unspecified atom stereocenters. The lowest BCUT2D eigenvalue weighted by atomic mass is 10.1. The molecule has 0 aromatic heterocycles. The van der Waals surface area contributed by atoms with Gasteiger partial charge in [-0.1, -0.05) is 23.3 Å². The van der Waals surface area contributed by atoms with Crippen LogP contribution in [0, 0.1) is 0 Å². The molecule has 5 nitrogen and oxygen atoms in total. The highest BCUT2D eigenvalue weighted by Crippen LogP contribution is 2.19. The van der Waals surface area contributed by atoms with Gasteiger partial charge in [-0.15, -0.1) is 0 Å². The molecule has 1 aromatic rings. The summed E-state index contributed by atoms with van der Waals surface area (Å²) in [6, 6.07) is 4.72. The minimum atomic E-state index is -0.192. The molecule has 1 N–H and O–H groups in total. The summed E-state index contributed by atoms with van der Waals surface area (Å²) >= 11 is 0. The maximum Gasteiger partial charge on any atom is 0.163 e. The first-order valence-electron chi connectivity index (χ1n) is 4.66. The Bertz CT molecular complexity index is 474. The Morgan fingerprint density at radius 2 is 2.38 bits per heavy atom. The van der Waals surface area contributed by atoms with Gasteiger partial charge in [0, 0.05) is 11.5 Å². The Hall–Kier alpha value is -2.26. The van der Waals surface area contributed by atoms with Crippen molar-refractivity contribution in [1.82, 2.24) is 0 Å². The molecule has 0 atom stereocenters. The summed E-state index contributed by atoms with van der Waals surface area (Å²) < 4.78 is 0. The fraction of sp³-hybridized carbons (Fsp3) is 0.182. The molecule has 0 radical (unpaired) electrons. The number of Topliss-reactive ketones (excluding diaryl/α,β-unsaturated/α-hetero) is 1. The first kappa shape index (κ1) is 11.8. The Kier molecular flexibility index (Phi) is 4.12. The highest BCUT2D eigenvalue weighted by Gasteiger charge is 2.05. The molecule has 82 valence electrons. The Labute approximate surface area is 92.7 Å². The van der Waals surface area contributed by atoms with Gasteiger partial charge in [0.25, 0.3) is 0 Å². The number of hydrogen-bond donors (Lipinski definition) is 1. The number of phenolic OH excluding ortho intramolecular Hbond substituents is 1. The lowest BCUT2D eigenvalue weighted by Gasteiger charge is -2.01. The van der Waals surface area contributed by atoms with Crippen LogP contribution in [0.15, 0.2) is 29.4 Å². The molecule has 16 heavy (non-hydrogen) atoms. The summed E-state index contributed by atoms with van der Waals surface area (Å²) in [6.07, 6.45) is 3.40. The van der Waals surface area contributed by atoms with Crippen molar-refractivity contribution in [2.75, 3.05) is 6.54 Å². The Morgan fingerprint density at radius 1 is 1.62 bits per heavy atom. The van der Waals surface area contributed by atoms with E-state index < -0.39 is 0 Å². The predicted octanol–water partition coefficient (Wildman–Crippen LogP) is 2.92. The van der Waals surface area contributed by atoms with Gasteiger partial charge in [-0.25, -0.2) is 0 Å². The topological polar surface area (TPSA) is 86.1 Å². The third-order valence-corrected chi connectivity index (χ3v) is 1.96. The number of benzene rings is 1. The zero-order valence-electron chi connectivity index (χ0n) is 8.79. The number of aromatic hydroxyl groups is 1. The zero-order chi connectivity index (χ0) is 12.0. The zero-order valence-corrected chi connectivity index (χ0v) is 8.79.